The minimum absolute atomic E-state index is 0.122. The highest BCUT2D eigenvalue weighted by Gasteiger charge is 2.42. The second kappa shape index (κ2) is 10.2. The molecule has 0 aliphatic heterocycles. The molecule has 118 valence electrons. The molecule has 0 aromatic rings. The lowest BCUT2D eigenvalue weighted by Gasteiger charge is -2.05. The van der Waals surface area contributed by atoms with Gasteiger partial charge in [0.25, 0.3) is 0 Å². The minimum atomic E-state index is -0.611. The van der Waals surface area contributed by atoms with E-state index in [-0.39, 0.29) is 5.92 Å². The molecule has 1 saturated carbocycles. The molecule has 0 heterocycles. The summed E-state index contributed by atoms with van der Waals surface area (Å²) in [5, 5.41) is 8.96. The Hall–Kier alpha value is -0.530. The molecule has 1 rings (SSSR count). The Morgan fingerprint density at radius 1 is 1.00 bits per heavy atom. The van der Waals surface area contributed by atoms with E-state index in [1.807, 2.05) is 6.92 Å². The highest BCUT2D eigenvalue weighted by Crippen LogP contribution is 2.47. The Morgan fingerprint density at radius 3 is 2.00 bits per heavy atom. The van der Waals surface area contributed by atoms with Crippen LogP contribution in [-0.2, 0) is 4.79 Å². The Kier molecular flexibility index (Phi) is 8.97. The van der Waals surface area contributed by atoms with Crippen LogP contribution in [0.3, 0.4) is 0 Å². The maximum atomic E-state index is 10.9. The quantitative estimate of drug-likeness (QED) is 0.443. The van der Waals surface area contributed by atoms with Crippen LogP contribution in [0, 0.1) is 17.8 Å². The highest BCUT2D eigenvalue weighted by molar-refractivity contribution is 5.70. The molecule has 0 spiro atoms. The molecule has 2 heteroatoms. The first-order valence-electron chi connectivity index (χ1n) is 8.89. The van der Waals surface area contributed by atoms with Crippen LogP contribution in [0.25, 0.3) is 0 Å². The molecule has 0 aromatic heterocycles. The minimum Gasteiger partial charge on any atom is -0.481 e. The van der Waals surface area contributed by atoms with Gasteiger partial charge in [0.1, 0.15) is 0 Å². The molecular formula is C18H34O2. The van der Waals surface area contributed by atoms with Crippen molar-refractivity contribution in [3.8, 4) is 0 Å². The lowest BCUT2D eigenvalue weighted by atomic mass is 10.0. The summed E-state index contributed by atoms with van der Waals surface area (Å²) >= 11 is 0. The summed E-state index contributed by atoms with van der Waals surface area (Å²) in [7, 11) is 0. The van der Waals surface area contributed by atoms with Crippen LogP contribution in [0.4, 0.5) is 0 Å². The van der Waals surface area contributed by atoms with Crippen molar-refractivity contribution in [2.75, 3.05) is 0 Å². The summed E-state index contributed by atoms with van der Waals surface area (Å²) in [4.78, 5) is 10.9. The van der Waals surface area contributed by atoms with Gasteiger partial charge in [0.15, 0.2) is 0 Å². The Morgan fingerprint density at radius 2 is 1.50 bits per heavy atom. The molecular weight excluding hydrogens is 248 g/mol. The molecule has 0 bridgehead atoms. The molecule has 20 heavy (non-hydrogen) atoms. The first-order chi connectivity index (χ1) is 9.66. The number of unbranched alkanes of at least 4 members (excludes halogenated alkanes) is 9. The Labute approximate surface area is 125 Å². The highest BCUT2D eigenvalue weighted by atomic mass is 16.4. The number of carboxylic acid groups (broad SMARTS) is 1. The van der Waals surface area contributed by atoms with E-state index in [9.17, 15) is 4.79 Å². The molecule has 1 aliphatic rings. The van der Waals surface area contributed by atoms with Crippen molar-refractivity contribution < 1.29 is 9.90 Å². The lowest BCUT2D eigenvalue weighted by Crippen LogP contribution is -2.12. The monoisotopic (exact) mass is 282 g/mol. The van der Waals surface area contributed by atoms with Gasteiger partial charge < -0.3 is 5.11 Å². The maximum Gasteiger partial charge on any atom is 0.306 e. The summed E-state index contributed by atoms with van der Waals surface area (Å²) in [5.41, 5.74) is 0. The fourth-order valence-corrected chi connectivity index (χ4v) is 3.29. The molecule has 1 N–H and O–H groups in total. The fraction of sp³-hybridized carbons (Fsp3) is 0.944. The van der Waals surface area contributed by atoms with Gasteiger partial charge in [-0.3, -0.25) is 4.79 Å². The van der Waals surface area contributed by atoms with Gasteiger partial charge in [0.2, 0.25) is 0 Å². The van der Waals surface area contributed by atoms with Gasteiger partial charge in [-0.1, -0.05) is 84.5 Å². The number of hydrogen-bond donors (Lipinski definition) is 1. The van der Waals surface area contributed by atoms with E-state index >= 15 is 0 Å². The molecule has 3 unspecified atom stereocenters. The molecule has 0 amide bonds. The van der Waals surface area contributed by atoms with Crippen LogP contribution in [0.1, 0.15) is 90.9 Å². The van der Waals surface area contributed by atoms with Gasteiger partial charge >= 0.3 is 5.97 Å². The van der Waals surface area contributed by atoms with Gasteiger partial charge in [-0.05, 0) is 18.3 Å². The Bertz CT molecular complexity index is 262. The third-order valence-electron chi connectivity index (χ3n) is 4.94. The molecule has 3 atom stereocenters. The number of aliphatic carboxylic acids is 1. The van der Waals surface area contributed by atoms with Crippen LogP contribution in [-0.4, -0.2) is 11.1 Å². The Balaban J connectivity index is 1.81. The predicted molar refractivity (Wildman–Crippen MR) is 84.9 cm³/mol. The van der Waals surface area contributed by atoms with Crippen LogP contribution in [0.15, 0.2) is 0 Å². The van der Waals surface area contributed by atoms with E-state index < -0.39 is 5.97 Å². The first kappa shape index (κ1) is 17.5. The number of carboxylic acids is 1. The molecule has 0 aromatic carbocycles. The van der Waals surface area contributed by atoms with Crippen molar-refractivity contribution >= 4 is 5.97 Å². The summed E-state index contributed by atoms with van der Waals surface area (Å²) in [6.45, 7) is 4.13. The summed E-state index contributed by atoms with van der Waals surface area (Å²) in [6.07, 6.45) is 16.2. The predicted octanol–water partition coefficient (Wildman–Crippen LogP) is 5.65. The molecule has 1 aliphatic carbocycles. The van der Waals surface area contributed by atoms with Gasteiger partial charge in [-0.2, -0.15) is 0 Å². The third kappa shape index (κ3) is 7.31. The zero-order chi connectivity index (χ0) is 14.8. The van der Waals surface area contributed by atoms with Gasteiger partial charge in [-0.25, -0.2) is 0 Å². The van der Waals surface area contributed by atoms with Crippen molar-refractivity contribution in [1.82, 2.24) is 0 Å². The lowest BCUT2D eigenvalue weighted by molar-refractivity contribution is -0.141. The number of hydrogen-bond acceptors (Lipinski definition) is 1. The molecule has 2 nitrogen and oxygen atoms in total. The molecule has 0 saturated heterocycles. The zero-order valence-electron chi connectivity index (χ0n) is 13.6. The van der Waals surface area contributed by atoms with E-state index in [1.54, 1.807) is 0 Å². The van der Waals surface area contributed by atoms with E-state index in [1.165, 1.54) is 70.6 Å². The third-order valence-corrected chi connectivity index (χ3v) is 4.94. The van der Waals surface area contributed by atoms with Crippen LogP contribution >= 0.6 is 0 Å². The first-order valence-corrected chi connectivity index (χ1v) is 8.89. The van der Waals surface area contributed by atoms with E-state index in [2.05, 4.69) is 6.92 Å². The topological polar surface area (TPSA) is 37.3 Å². The molecule has 1 fully saturated rings. The number of rotatable bonds is 13. The van der Waals surface area contributed by atoms with Gasteiger partial charge in [0.05, 0.1) is 5.92 Å². The summed E-state index contributed by atoms with van der Waals surface area (Å²) in [5.74, 6) is 0.463. The van der Waals surface area contributed by atoms with Crippen LogP contribution in [0.5, 0.6) is 0 Å². The number of carbonyl (C=O) groups is 1. The normalized spacial score (nSPS) is 22.7. The zero-order valence-corrected chi connectivity index (χ0v) is 13.6. The van der Waals surface area contributed by atoms with E-state index in [0.29, 0.717) is 5.92 Å². The maximum absolute atomic E-state index is 10.9. The van der Waals surface area contributed by atoms with Crippen molar-refractivity contribution in [2.45, 2.75) is 90.9 Å². The largest absolute Gasteiger partial charge is 0.481 e. The van der Waals surface area contributed by atoms with Crippen molar-refractivity contribution in [3.05, 3.63) is 0 Å². The van der Waals surface area contributed by atoms with Crippen LogP contribution < -0.4 is 0 Å². The average Bonchev–Trinajstić information content (AvgIpc) is 3.19. The van der Waals surface area contributed by atoms with E-state index in [0.717, 1.165) is 12.3 Å². The smallest absolute Gasteiger partial charge is 0.306 e. The average molecular weight is 282 g/mol. The van der Waals surface area contributed by atoms with Crippen molar-refractivity contribution in [2.24, 2.45) is 17.8 Å². The van der Waals surface area contributed by atoms with Gasteiger partial charge in [0, 0.05) is 0 Å². The SMILES string of the molecule is CCCCCCCCCCCCC1CC1C(C)C(=O)O. The van der Waals surface area contributed by atoms with Gasteiger partial charge in [-0.15, -0.1) is 0 Å². The van der Waals surface area contributed by atoms with E-state index in [4.69, 9.17) is 5.11 Å². The van der Waals surface area contributed by atoms with Crippen molar-refractivity contribution in [1.29, 1.82) is 0 Å². The summed E-state index contributed by atoms with van der Waals surface area (Å²) in [6, 6.07) is 0. The summed E-state index contributed by atoms with van der Waals surface area (Å²) < 4.78 is 0. The fourth-order valence-electron chi connectivity index (χ4n) is 3.29. The standard InChI is InChI=1S/C18H34O2/c1-3-4-5-6-7-8-9-10-11-12-13-16-14-17(16)15(2)18(19)20/h15-17H,3-14H2,1-2H3,(H,19,20). The molecule has 0 radical (unpaired) electrons. The van der Waals surface area contributed by atoms with Crippen molar-refractivity contribution in [3.63, 3.8) is 0 Å². The second-order valence-corrected chi connectivity index (χ2v) is 6.76. The van der Waals surface area contributed by atoms with Crippen LogP contribution in [0.2, 0.25) is 0 Å². The second-order valence-electron chi connectivity index (χ2n) is 6.76.